The van der Waals surface area contributed by atoms with Crippen molar-refractivity contribution in [3.8, 4) is 0 Å². The maximum atomic E-state index is 11.4. The molecule has 0 radical (unpaired) electrons. The van der Waals surface area contributed by atoms with E-state index < -0.39 is 0 Å². The van der Waals surface area contributed by atoms with Gasteiger partial charge in [0.15, 0.2) is 0 Å². The number of likely N-dealkylation sites (tertiary alicyclic amines) is 1. The minimum Gasteiger partial charge on any atom is -0.348 e. The van der Waals surface area contributed by atoms with Crippen molar-refractivity contribution in [1.82, 2.24) is 9.80 Å². The van der Waals surface area contributed by atoms with Crippen LogP contribution in [0.4, 0.5) is 0 Å². The van der Waals surface area contributed by atoms with Gasteiger partial charge in [0.25, 0.3) is 0 Å². The second-order valence-corrected chi connectivity index (χ2v) is 3.55. The zero-order valence-electron chi connectivity index (χ0n) is 8.25. The van der Waals surface area contributed by atoms with Gasteiger partial charge in [0.05, 0.1) is 0 Å². The van der Waals surface area contributed by atoms with E-state index in [0.29, 0.717) is 0 Å². The Balaban J connectivity index is 2.36. The molecule has 1 rings (SSSR count). The molecule has 0 spiro atoms. The highest BCUT2D eigenvalue weighted by Gasteiger charge is 2.20. The van der Waals surface area contributed by atoms with Crippen molar-refractivity contribution >= 4 is 11.8 Å². The Morgan fingerprint density at radius 1 is 1.23 bits per heavy atom. The van der Waals surface area contributed by atoms with Gasteiger partial charge in [0, 0.05) is 27.2 Å². The lowest BCUT2D eigenvalue weighted by Crippen LogP contribution is -2.33. The van der Waals surface area contributed by atoms with Gasteiger partial charge in [-0.1, -0.05) is 0 Å². The summed E-state index contributed by atoms with van der Waals surface area (Å²) in [6, 6.07) is 0. The molecule has 1 saturated heterocycles. The molecule has 1 aliphatic heterocycles. The molecule has 2 amide bonds. The number of hydrogen-bond donors (Lipinski definition) is 0. The fourth-order valence-corrected chi connectivity index (χ4v) is 1.37. The number of rotatable bonds is 2. The molecule has 0 aliphatic carbocycles. The van der Waals surface area contributed by atoms with Gasteiger partial charge in [-0.3, -0.25) is 9.59 Å². The molecule has 1 aliphatic rings. The number of carbonyl (C=O) groups excluding carboxylic acids is 2. The summed E-state index contributed by atoms with van der Waals surface area (Å²) in [5, 5.41) is 0. The van der Waals surface area contributed by atoms with Gasteiger partial charge in [-0.2, -0.15) is 0 Å². The van der Waals surface area contributed by atoms with E-state index in [1.807, 2.05) is 0 Å². The van der Waals surface area contributed by atoms with Gasteiger partial charge < -0.3 is 9.80 Å². The Morgan fingerprint density at radius 2 is 1.77 bits per heavy atom. The Morgan fingerprint density at radius 3 is 2.23 bits per heavy atom. The molecular formula is C9H16N2O2. The molecule has 0 saturated carbocycles. The summed E-state index contributed by atoms with van der Waals surface area (Å²) >= 11 is 0. The molecule has 4 heteroatoms. The number of hydrogen-bond acceptors (Lipinski definition) is 2. The van der Waals surface area contributed by atoms with Crippen molar-refractivity contribution in [3.63, 3.8) is 0 Å². The molecule has 1 heterocycles. The van der Waals surface area contributed by atoms with Gasteiger partial charge in [0.2, 0.25) is 11.8 Å². The van der Waals surface area contributed by atoms with Crippen LogP contribution in [0.5, 0.6) is 0 Å². The average molecular weight is 184 g/mol. The van der Waals surface area contributed by atoms with Crippen molar-refractivity contribution in [2.45, 2.75) is 19.3 Å². The molecule has 0 aromatic carbocycles. The molecule has 0 atom stereocenters. The third-order valence-electron chi connectivity index (χ3n) is 2.26. The van der Waals surface area contributed by atoms with Crippen LogP contribution in [0.1, 0.15) is 19.3 Å². The van der Waals surface area contributed by atoms with Crippen LogP contribution in [0.2, 0.25) is 0 Å². The Hall–Kier alpha value is -1.06. The first-order valence-electron chi connectivity index (χ1n) is 4.59. The van der Waals surface area contributed by atoms with E-state index in [4.69, 9.17) is 0 Å². The van der Waals surface area contributed by atoms with E-state index >= 15 is 0 Å². The predicted molar refractivity (Wildman–Crippen MR) is 49.1 cm³/mol. The molecule has 0 unspecified atom stereocenters. The quantitative estimate of drug-likeness (QED) is 0.570. The van der Waals surface area contributed by atoms with E-state index in [1.165, 1.54) is 4.90 Å². The van der Waals surface area contributed by atoms with Crippen LogP contribution in [-0.4, -0.2) is 48.8 Å². The molecule has 1 fully saturated rings. The molecule has 13 heavy (non-hydrogen) atoms. The van der Waals surface area contributed by atoms with Crippen LogP contribution >= 0.6 is 0 Å². The van der Waals surface area contributed by atoms with Crippen molar-refractivity contribution < 1.29 is 9.59 Å². The van der Waals surface area contributed by atoms with E-state index in [0.717, 1.165) is 25.9 Å². The summed E-state index contributed by atoms with van der Waals surface area (Å²) in [6.07, 6.45) is 2.16. The lowest BCUT2D eigenvalue weighted by molar-refractivity contribution is -0.138. The van der Waals surface area contributed by atoms with Gasteiger partial charge in [0.1, 0.15) is 6.42 Å². The fourth-order valence-electron chi connectivity index (χ4n) is 1.37. The van der Waals surface area contributed by atoms with Gasteiger partial charge in [-0.05, 0) is 12.8 Å². The second-order valence-electron chi connectivity index (χ2n) is 3.55. The minimum absolute atomic E-state index is 0.0208. The van der Waals surface area contributed by atoms with Crippen LogP contribution in [0, 0.1) is 0 Å². The van der Waals surface area contributed by atoms with E-state index in [-0.39, 0.29) is 18.2 Å². The maximum Gasteiger partial charge on any atom is 0.232 e. The zero-order chi connectivity index (χ0) is 9.84. The molecular weight excluding hydrogens is 168 g/mol. The topological polar surface area (TPSA) is 40.6 Å². The van der Waals surface area contributed by atoms with Crippen LogP contribution < -0.4 is 0 Å². The zero-order valence-corrected chi connectivity index (χ0v) is 8.25. The van der Waals surface area contributed by atoms with Crippen LogP contribution in [0.3, 0.4) is 0 Å². The summed E-state index contributed by atoms with van der Waals surface area (Å²) in [7, 11) is 3.33. The third kappa shape index (κ3) is 2.72. The normalized spacial score (nSPS) is 16.0. The first kappa shape index (κ1) is 10.0. The highest BCUT2D eigenvalue weighted by Crippen LogP contribution is 2.09. The van der Waals surface area contributed by atoms with Crippen LogP contribution in [0.15, 0.2) is 0 Å². The predicted octanol–water partition coefficient (Wildman–Crippen LogP) is 0.0871. The molecule has 0 bridgehead atoms. The lowest BCUT2D eigenvalue weighted by atomic mass is 10.3. The van der Waals surface area contributed by atoms with Gasteiger partial charge >= 0.3 is 0 Å². The summed E-state index contributed by atoms with van der Waals surface area (Å²) in [4.78, 5) is 25.8. The molecule has 4 nitrogen and oxygen atoms in total. The number of amides is 2. The maximum absolute atomic E-state index is 11.4. The van der Waals surface area contributed by atoms with Crippen molar-refractivity contribution in [1.29, 1.82) is 0 Å². The highest BCUT2D eigenvalue weighted by atomic mass is 16.2. The highest BCUT2D eigenvalue weighted by molar-refractivity contribution is 5.96. The summed E-state index contributed by atoms with van der Waals surface area (Å²) < 4.78 is 0. The SMILES string of the molecule is CN(C)C(=O)CC(=O)N1CCCC1. The fraction of sp³-hybridized carbons (Fsp3) is 0.778. The molecule has 74 valence electrons. The van der Waals surface area contributed by atoms with Crippen molar-refractivity contribution in [2.75, 3.05) is 27.2 Å². The average Bonchev–Trinajstić information content (AvgIpc) is 2.55. The van der Waals surface area contributed by atoms with Crippen LogP contribution in [-0.2, 0) is 9.59 Å². The van der Waals surface area contributed by atoms with Crippen LogP contribution in [0.25, 0.3) is 0 Å². The Bertz CT molecular complexity index is 208. The van der Waals surface area contributed by atoms with E-state index in [2.05, 4.69) is 0 Å². The monoisotopic (exact) mass is 184 g/mol. The van der Waals surface area contributed by atoms with Gasteiger partial charge in [-0.25, -0.2) is 0 Å². The summed E-state index contributed by atoms with van der Waals surface area (Å²) in [5.41, 5.74) is 0. The van der Waals surface area contributed by atoms with Gasteiger partial charge in [-0.15, -0.1) is 0 Å². The first-order chi connectivity index (χ1) is 6.11. The molecule has 0 N–H and O–H groups in total. The van der Waals surface area contributed by atoms with Crippen molar-refractivity contribution in [2.24, 2.45) is 0 Å². The lowest BCUT2D eigenvalue weighted by Gasteiger charge is -2.16. The standard InChI is InChI=1S/C9H16N2O2/c1-10(2)8(12)7-9(13)11-5-3-4-6-11/h3-7H2,1-2H3. The van der Waals surface area contributed by atoms with E-state index in [9.17, 15) is 9.59 Å². The largest absolute Gasteiger partial charge is 0.348 e. The smallest absolute Gasteiger partial charge is 0.232 e. The first-order valence-corrected chi connectivity index (χ1v) is 4.59. The minimum atomic E-state index is -0.114. The summed E-state index contributed by atoms with van der Waals surface area (Å²) in [6.45, 7) is 1.64. The van der Waals surface area contributed by atoms with E-state index in [1.54, 1.807) is 19.0 Å². The number of nitrogens with zero attached hydrogens (tertiary/aromatic N) is 2. The summed E-state index contributed by atoms with van der Waals surface area (Å²) in [5.74, 6) is -0.145. The van der Waals surface area contributed by atoms with Crippen molar-refractivity contribution in [3.05, 3.63) is 0 Å². The third-order valence-corrected chi connectivity index (χ3v) is 2.26. The molecule has 0 aromatic heterocycles. The Labute approximate surface area is 78.5 Å². The molecule has 0 aromatic rings. The number of carbonyl (C=O) groups is 2. The Kier molecular flexibility index (Phi) is 3.28. The second kappa shape index (κ2) is 4.25.